The van der Waals surface area contributed by atoms with Crippen LogP contribution in [0.15, 0.2) is 18.2 Å². The SMILES string of the molecule is CN(Cc1c(F)cccc1F)CN1C(=O)SC(C)(C)C1=O. The number of carbonyl (C=O) groups is 2. The molecular weight excluding hydrogens is 298 g/mol. The number of amides is 2. The van der Waals surface area contributed by atoms with Crippen LogP contribution in [0.4, 0.5) is 13.6 Å². The third kappa shape index (κ3) is 3.24. The summed E-state index contributed by atoms with van der Waals surface area (Å²) in [6.45, 7) is 3.32. The number of hydrogen-bond donors (Lipinski definition) is 0. The van der Waals surface area contributed by atoms with Crippen molar-refractivity contribution in [3.05, 3.63) is 35.4 Å². The number of carbonyl (C=O) groups excluding carboxylic acids is 2. The second kappa shape index (κ2) is 5.73. The molecule has 0 radical (unpaired) electrons. The fourth-order valence-electron chi connectivity index (χ4n) is 2.09. The number of imide groups is 1. The monoisotopic (exact) mass is 314 g/mol. The van der Waals surface area contributed by atoms with Gasteiger partial charge in [0, 0.05) is 12.1 Å². The van der Waals surface area contributed by atoms with Crippen molar-refractivity contribution in [3.63, 3.8) is 0 Å². The van der Waals surface area contributed by atoms with Gasteiger partial charge >= 0.3 is 0 Å². The standard InChI is InChI=1S/C14H16F2N2O2S/c1-14(2)12(19)18(13(20)21-14)8-17(3)7-9-10(15)5-4-6-11(9)16/h4-6H,7-8H2,1-3H3. The van der Waals surface area contributed by atoms with Crippen molar-refractivity contribution in [1.29, 1.82) is 0 Å². The van der Waals surface area contributed by atoms with Crippen LogP contribution in [0.5, 0.6) is 0 Å². The molecule has 1 aliphatic heterocycles. The molecule has 0 spiro atoms. The fraction of sp³-hybridized carbons (Fsp3) is 0.429. The predicted molar refractivity (Wildman–Crippen MR) is 76.6 cm³/mol. The molecule has 1 saturated heterocycles. The van der Waals surface area contributed by atoms with Gasteiger partial charge in [0.15, 0.2) is 0 Å². The van der Waals surface area contributed by atoms with Gasteiger partial charge in [-0.05, 0) is 44.8 Å². The topological polar surface area (TPSA) is 40.6 Å². The van der Waals surface area contributed by atoms with Gasteiger partial charge in [-0.15, -0.1) is 0 Å². The smallest absolute Gasteiger partial charge is 0.284 e. The van der Waals surface area contributed by atoms with E-state index in [0.717, 1.165) is 16.7 Å². The molecule has 0 unspecified atom stereocenters. The average Bonchev–Trinajstić information content (AvgIpc) is 2.56. The lowest BCUT2D eigenvalue weighted by molar-refractivity contribution is -0.130. The quantitative estimate of drug-likeness (QED) is 0.857. The Morgan fingerprint density at radius 3 is 2.29 bits per heavy atom. The molecule has 1 aromatic carbocycles. The van der Waals surface area contributed by atoms with Crippen molar-refractivity contribution in [2.24, 2.45) is 0 Å². The molecule has 0 aromatic heterocycles. The fourth-order valence-corrected chi connectivity index (χ4v) is 2.98. The Kier molecular flexibility index (Phi) is 4.34. The molecule has 0 N–H and O–H groups in total. The number of benzene rings is 1. The maximum atomic E-state index is 13.6. The number of nitrogens with zero attached hydrogens (tertiary/aromatic N) is 2. The van der Waals surface area contributed by atoms with Crippen molar-refractivity contribution in [3.8, 4) is 0 Å². The van der Waals surface area contributed by atoms with E-state index in [2.05, 4.69) is 0 Å². The minimum Gasteiger partial charge on any atom is -0.284 e. The van der Waals surface area contributed by atoms with E-state index in [4.69, 9.17) is 0 Å². The Balaban J connectivity index is 2.07. The Morgan fingerprint density at radius 2 is 1.81 bits per heavy atom. The van der Waals surface area contributed by atoms with Crippen LogP contribution in [0.1, 0.15) is 19.4 Å². The number of thioether (sulfide) groups is 1. The molecule has 114 valence electrons. The molecule has 4 nitrogen and oxygen atoms in total. The summed E-state index contributed by atoms with van der Waals surface area (Å²) < 4.78 is 26.4. The molecular formula is C14H16F2N2O2S. The second-order valence-electron chi connectivity index (χ2n) is 5.47. The molecule has 1 aliphatic rings. The number of halogens is 2. The van der Waals surface area contributed by atoms with Gasteiger partial charge < -0.3 is 0 Å². The Bertz CT molecular complexity index is 572. The lowest BCUT2D eigenvalue weighted by Crippen LogP contribution is -2.42. The van der Waals surface area contributed by atoms with Crippen LogP contribution >= 0.6 is 11.8 Å². The maximum absolute atomic E-state index is 13.6. The summed E-state index contributed by atoms with van der Waals surface area (Å²) in [4.78, 5) is 26.5. The van der Waals surface area contributed by atoms with Gasteiger partial charge in [0.1, 0.15) is 11.6 Å². The zero-order valence-electron chi connectivity index (χ0n) is 12.0. The lowest BCUT2D eigenvalue weighted by Gasteiger charge is -2.23. The average molecular weight is 314 g/mol. The third-order valence-electron chi connectivity index (χ3n) is 3.20. The van der Waals surface area contributed by atoms with Gasteiger partial charge in [0.05, 0.1) is 11.4 Å². The van der Waals surface area contributed by atoms with Crippen molar-refractivity contribution in [2.45, 2.75) is 25.1 Å². The van der Waals surface area contributed by atoms with Crippen molar-refractivity contribution in [1.82, 2.24) is 9.80 Å². The zero-order valence-corrected chi connectivity index (χ0v) is 12.8. The van der Waals surface area contributed by atoms with Crippen LogP contribution in [0.2, 0.25) is 0 Å². The molecule has 2 rings (SSSR count). The highest BCUT2D eigenvalue weighted by atomic mass is 32.2. The first-order valence-corrected chi connectivity index (χ1v) is 7.20. The van der Waals surface area contributed by atoms with Crippen molar-refractivity contribution in [2.75, 3.05) is 13.7 Å². The van der Waals surface area contributed by atoms with Crippen LogP contribution < -0.4 is 0 Å². The van der Waals surface area contributed by atoms with Gasteiger partial charge in [0.2, 0.25) is 5.91 Å². The van der Waals surface area contributed by atoms with Crippen LogP contribution in [-0.4, -0.2) is 39.4 Å². The summed E-state index contributed by atoms with van der Waals surface area (Å²) in [5.74, 6) is -1.58. The summed E-state index contributed by atoms with van der Waals surface area (Å²) in [7, 11) is 1.60. The molecule has 0 aliphatic carbocycles. The first kappa shape index (κ1) is 15.9. The highest BCUT2D eigenvalue weighted by Crippen LogP contribution is 2.36. The summed E-state index contributed by atoms with van der Waals surface area (Å²) in [5.41, 5.74) is -0.0778. The first-order chi connectivity index (χ1) is 9.72. The summed E-state index contributed by atoms with van der Waals surface area (Å²) in [6, 6.07) is 3.65. The predicted octanol–water partition coefficient (Wildman–Crippen LogP) is 2.83. The molecule has 0 saturated carbocycles. The van der Waals surface area contributed by atoms with Crippen LogP contribution in [0, 0.1) is 11.6 Å². The van der Waals surface area contributed by atoms with Crippen LogP contribution in [-0.2, 0) is 11.3 Å². The van der Waals surface area contributed by atoms with Gasteiger partial charge in [-0.1, -0.05) is 6.07 Å². The highest BCUT2D eigenvalue weighted by Gasteiger charge is 2.46. The highest BCUT2D eigenvalue weighted by molar-refractivity contribution is 8.16. The van der Waals surface area contributed by atoms with E-state index in [1.54, 1.807) is 20.9 Å². The zero-order chi connectivity index (χ0) is 15.8. The van der Waals surface area contributed by atoms with E-state index in [9.17, 15) is 18.4 Å². The molecule has 7 heteroatoms. The van der Waals surface area contributed by atoms with E-state index in [1.807, 2.05) is 0 Å². The normalized spacial score (nSPS) is 17.9. The molecule has 0 atom stereocenters. The minimum absolute atomic E-state index is 0.00186. The number of hydrogen-bond acceptors (Lipinski definition) is 4. The molecule has 21 heavy (non-hydrogen) atoms. The largest absolute Gasteiger partial charge is 0.290 e. The van der Waals surface area contributed by atoms with Crippen LogP contribution in [0.3, 0.4) is 0 Å². The summed E-state index contributed by atoms with van der Waals surface area (Å²) >= 11 is 0.956. The molecule has 1 aromatic rings. The molecule has 1 fully saturated rings. The Morgan fingerprint density at radius 1 is 1.24 bits per heavy atom. The molecule has 1 heterocycles. The Hall–Kier alpha value is -1.47. The van der Waals surface area contributed by atoms with Gasteiger partial charge in [-0.25, -0.2) is 8.78 Å². The summed E-state index contributed by atoms with van der Waals surface area (Å²) in [5, 5.41) is -0.342. The van der Waals surface area contributed by atoms with Crippen LogP contribution in [0.25, 0.3) is 0 Å². The minimum atomic E-state index is -0.791. The lowest BCUT2D eigenvalue weighted by atomic mass is 10.2. The maximum Gasteiger partial charge on any atom is 0.290 e. The second-order valence-corrected chi connectivity index (χ2v) is 7.04. The van der Waals surface area contributed by atoms with E-state index in [0.29, 0.717) is 0 Å². The number of rotatable bonds is 4. The Labute approximate surface area is 126 Å². The molecule has 0 bridgehead atoms. The molecule has 2 amide bonds. The third-order valence-corrected chi connectivity index (χ3v) is 4.28. The van der Waals surface area contributed by atoms with E-state index in [-0.39, 0.29) is 29.9 Å². The van der Waals surface area contributed by atoms with Crippen molar-refractivity contribution >= 4 is 22.9 Å². The van der Waals surface area contributed by atoms with Crippen molar-refractivity contribution < 1.29 is 18.4 Å². The summed E-state index contributed by atoms with van der Waals surface area (Å²) in [6.07, 6.45) is 0. The van der Waals surface area contributed by atoms with Gasteiger partial charge in [0.25, 0.3) is 5.24 Å². The first-order valence-electron chi connectivity index (χ1n) is 6.39. The van der Waals surface area contributed by atoms with Gasteiger partial charge in [-0.2, -0.15) is 0 Å². The van der Waals surface area contributed by atoms with E-state index < -0.39 is 16.4 Å². The van der Waals surface area contributed by atoms with E-state index in [1.165, 1.54) is 23.1 Å². The van der Waals surface area contributed by atoms with Gasteiger partial charge in [-0.3, -0.25) is 19.4 Å². The van der Waals surface area contributed by atoms with E-state index >= 15 is 0 Å².